The average molecular weight is 328 g/mol. The number of carbonyl (C=O) groups is 2. The number of amides is 2. The van der Waals surface area contributed by atoms with Gasteiger partial charge < -0.3 is 15.6 Å². The lowest BCUT2D eigenvalue weighted by Gasteiger charge is -2.20. The Labute approximate surface area is 142 Å². The number of nitrogens with two attached hydrogens (primary N) is 1. The molecule has 2 rings (SSSR count). The summed E-state index contributed by atoms with van der Waals surface area (Å²) in [6.07, 6.45) is 1.75. The number of nitrogens with zero attached hydrogens (tertiary/aromatic N) is 2. The van der Waals surface area contributed by atoms with E-state index in [4.69, 9.17) is 5.73 Å². The normalized spacial score (nSPS) is 11.3. The largest absolute Gasteiger partial charge is 0.369 e. The van der Waals surface area contributed by atoms with E-state index in [1.54, 1.807) is 20.0 Å². The predicted molar refractivity (Wildman–Crippen MR) is 92.6 cm³/mol. The summed E-state index contributed by atoms with van der Waals surface area (Å²) in [5.74, 6) is -0.645. The van der Waals surface area contributed by atoms with Gasteiger partial charge in [0, 0.05) is 24.1 Å². The Morgan fingerprint density at radius 1 is 1.29 bits per heavy atom. The molecular formula is C18H24N4O2. The molecule has 3 N–H and O–H groups in total. The molecule has 2 aromatic rings. The Kier molecular flexibility index (Phi) is 5.07. The van der Waals surface area contributed by atoms with Gasteiger partial charge in [0.2, 0.25) is 5.91 Å². The molecule has 0 atom stereocenters. The number of primary amides is 1. The van der Waals surface area contributed by atoms with Gasteiger partial charge in [0.25, 0.3) is 5.91 Å². The second-order valence-electron chi connectivity index (χ2n) is 6.62. The predicted octanol–water partition coefficient (Wildman–Crippen LogP) is 1.79. The van der Waals surface area contributed by atoms with Crippen molar-refractivity contribution in [1.29, 1.82) is 0 Å². The number of aromatic nitrogens is 2. The Morgan fingerprint density at radius 2 is 2.00 bits per heavy atom. The quantitative estimate of drug-likeness (QED) is 0.847. The Balaban J connectivity index is 2.16. The lowest BCUT2D eigenvalue weighted by molar-refractivity contribution is -0.125. The maximum Gasteiger partial charge on any atom is 0.253 e. The first-order valence-electron chi connectivity index (χ1n) is 7.87. The van der Waals surface area contributed by atoms with Crippen LogP contribution >= 0.6 is 0 Å². The molecule has 0 bridgehead atoms. The molecular weight excluding hydrogens is 304 g/mol. The van der Waals surface area contributed by atoms with Gasteiger partial charge in [-0.15, -0.1) is 0 Å². The van der Waals surface area contributed by atoms with Crippen LogP contribution in [0, 0.1) is 19.3 Å². The van der Waals surface area contributed by atoms with Crippen LogP contribution in [0.1, 0.15) is 41.3 Å². The van der Waals surface area contributed by atoms with Crippen molar-refractivity contribution in [2.24, 2.45) is 11.1 Å². The van der Waals surface area contributed by atoms with Crippen molar-refractivity contribution in [3.63, 3.8) is 0 Å². The summed E-state index contributed by atoms with van der Waals surface area (Å²) < 4.78 is 2.05. The molecule has 0 aliphatic rings. The Bertz CT molecular complexity index is 748. The van der Waals surface area contributed by atoms with Crippen molar-refractivity contribution in [3.8, 4) is 0 Å². The molecule has 2 heterocycles. The monoisotopic (exact) mass is 328 g/mol. The summed E-state index contributed by atoms with van der Waals surface area (Å²) in [4.78, 5) is 28.1. The van der Waals surface area contributed by atoms with Crippen molar-refractivity contribution >= 4 is 11.8 Å². The van der Waals surface area contributed by atoms with Crippen LogP contribution in [0.25, 0.3) is 0 Å². The molecule has 6 nitrogen and oxygen atoms in total. The summed E-state index contributed by atoms with van der Waals surface area (Å²) in [5, 5.41) is 2.80. The molecule has 0 aromatic carbocycles. The zero-order valence-electron chi connectivity index (χ0n) is 14.6. The Morgan fingerprint density at radius 3 is 2.58 bits per heavy atom. The van der Waals surface area contributed by atoms with Crippen molar-refractivity contribution in [3.05, 3.63) is 53.1 Å². The van der Waals surface area contributed by atoms with Gasteiger partial charge in [-0.05, 0) is 45.9 Å². The van der Waals surface area contributed by atoms with E-state index in [1.807, 2.05) is 38.1 Å². The molecule has 0 saturated heterocycles. The van der Waals surface area contributed by atoms with Gasteiger partial charge >= 0.3 is 0 Å². The second kappa shape index (κ2) is 6.86. The van der Waals surface area contributed by atoms with Crippen LogP contribution in [0.3, 0.4) is 0 Å². The van der Waals surface area contributed by atoms with Crippen LogP contribution in [0.4, 0.5) is 0 Å². The highest BCUT2D eigenvalue weighted by Gasteiger charge is 2.26. The third kappa shape index (κ3) is 3.82. The molecule has 0 radical (unpaired) electrons. The minimum Gasteiger partial charge on any atom is -0.369 e. The molecule has 6 heteroatoms. The van der Waals surface area contributed by atoms with Crippen molar-refractivity contribution < 1.29 is 9.59 Å². The van der Waals surface area contributed by atoms with E-state index in [1.165, 1.54) is 0 Å². The minimum atomic E-state index is -0.783. The van der Waals surface area contributed by atoms with Crippen LogP contribution in [0.2, 0.25) is 0 Å². The van der Waals surface area contributed by atoms with Crippen LogP contribution < -0.4 is 11.1 Å². The van der Waals surface area contributed by atoms with E-state index in [0.717, 1.165) is 17.1 Å². The van der Waals surface area contributed by atoms with Gasteiger partial charge in [-0.25, -0.2) is 0 Å². The number of rotatable bonds is 6. The topological polar surface area (TPSA) is 90.0 Å². The van der Waals surface area contributed by atoms with Gasteiger partial charge in [-0.2, -0.15) is 0 Å². The summed E-state index contributed by atoms with van der Waals surface area (Å²) in [7, 11) is 0. The standard InChI is InChI=1S/C18H24N4O2/c1-12-9-15(16(23)21-11-18(3,4)17(19)24)13(2)22(12)10-14-7-5-6-8-20-14/h5-9H,10-11H2,1-4H3,(H2,19,24)(H,21,23). The van der Waals surface area contributed by atoms with Gasteiger partial charge in [0.05, 0.1) is 23.2 Å². The van der Waals surface area contributed by atoms with Gasteiger partial charge in [0.1, 0.15) is 0 Å². The van der Waals surface area contributed by atoms with Gasteiger partial charge in [0.15, 0.2) is 0 Å². The molecule has 2 aromatic heterocycles. The maximum absolute atomic E-state index is 12.5. The lowest BCUT2D eigenvalue weighted by atomic mass is 9.92. The van der Waals surface area contributed by atoms with Crippen molar-refractivity contribution in [1.82, 2.24) is 14.9 Å². The highest BCUT2D eigenvalue weighted by atomic mass is 16.2. The number of nitrogens with one attached hydrogen (secondary N) is 1. The first-order chi connectivity index (χ1) is 11.2. The van der Waals surface area contributed by atoms with E-state index in [9.17, 15) is 9.59 Å². The zero-order chi connectivity index (χ0) is 17.9. The number of carbonyl (C=O) groups excluding carboxylic acids is 2. The van der Waals surface area contributed by atoms with Crippen LogP contribution in [-0.2, 0) is 11.3 Å². The third-order valence-corrected chi connectivity index (χ3v) is 4.22. The van der Waals surface area contributed by atoms with E-state index < -0.39 is 11.3 Å². The van der Waals surface area contributed by atoms with E-state index in [0.29, 0.717) is 12.1 Å². The summed E-state index contributed by atoms with van der Waals surface area (Å²) >= 11 is 0. The van der Waals surface area contributed by atoms with Crippen molar-refractivity contribution in [2.45, 2.75) is 34.2 Å². The van der Waals surface area contributed by atoms with Crippen molar-refractivity contribution in [2.75, 3.05) is 6.54 Å². The number of hydrogen-bond acceptors (Lipinski definition) is 3. The summed E-state index contributed by atoms with van der Waals surface area (Å²) in [5.41, 5.74) is 7.94. The van der Waals surface area contributed by atoms with E-state index >= 15 is 0 Å². The van der Waals surface area contributed by atoms with Crippen LogP contribution in [0.15, 0.2) is 30.5 Å². The SMILES string of the molecule is Cc1cc(C(=O)NCC(C)(C)C(N)=O)c(C)n1Cc1ccccn1. The highest BCUT2D eigenvalue weighted by Crippen LogP contribution is 2.18. The van der Waals surface area contributed by atoms with E-state index in [-0.39, 0.29) is 12.5 Å². The molecule has 0 fully saturated rings. The fourth-order valence-electron chi connectivity index (χ4n) is 2.41. The van der Waals surface area contributed by atoms with E-state index in [2.05, 4.69) is 14.9 Å². The minimum absolute atomic E-state index is 0.199. The molecule has 0 aliphatic carbocycles. The van der Waals surface area contributed by atoms with Gasteiger partial charge in [-0.1, -0.05) is 6.07 Å². The van der Waals surface area contributed by atoms with Crippen LogP contribution in [0.5, 0.6) is 0 Å². The Hall–Kier alpha value is -2.63. The molecule has 0 spiro atoms. The fraction of sp³-hybridized carbons (Fsp3) is 0.389. The third-order valence-electron chi connectivity index (χ3n) is 4.22. The van der Waals surface area contributed by atoms with Gasteiger partial charge in [-0.3, -0.25) is 14.6 Å². The molecule has 2 amide bonds. The summed E-state index contributed by atoms with van der Waals surface area (Å²) in [6.45, 7) is 8.09. The first kappa shape index (κ1) is 17.7. The smallest absolute Gasteiger partial charge is 0.253 e. The zero-order valence-corrected chi connectivity index (χ0v) is 14.6. The lowest BCUT2D eigenvalue weighted by Crippen LogP contribution is -2.42. The molecule has 24 heavy (non-hydrogen) atoms. The number of hydrogen-bond donors (Lipinski definition) is 2. The number of aryl methyl sites for hydroxylation is 1. The fourth-order valence-corrected chi connectivity index (χ4v) is 2.41. The molecule has 0 unspecified atom stereocenters. The first-order valence-corrected chi connectivity index (χ1v) is 7.87. The molecule has 128 valence electrons. The average Bonchev–Trinajstić information content (AvgIpc) is 2.82. The molecule has 0 saturated carbocycles. The number of pyridine rings is 1. The molecule has 0 aliphatic heterocycles. The second-order valence-corrected chi connectivity index (χ2v) is 6.62. The highest BCUT2D eigenvalue weighted by molar-refractivity contribution is 5.96. The maximum atomic E-state index is 12.5. The van der Waals surface area contributed by atoms with Crippen LogP contribution in [-0.4, -0.2) is 27.9 Å². The summed E-state index contributed by atoms with van der Waals surface area (Å²) in [6, 6.07) is 7.62.